The summed E-state index contributed by atoms with van der Waals surface area (Å²) in [5.41, 5.74) is 1.28. The van der Waals surface area contributed by atoms with Crippen molar-refractivity contribution in [2.75, 3.05) is 18.5 Å². The van der Waals surface area contributed by atoms with E-state index in [9.17, 15) is 9.59 Å². The number of ether oxygens (including phenoxy) is 1. The van der Waals surface area contributed by atoms with Gasteiger partial charge in [-0.05, 0) is 37.1 Å². The van der Waals surface area contributed by atoms with E-state index in [4.69, 9.17) is 4.74 Å². The van der Waals surface area contributed by atoms with E-state index in [-0.39, 0.29) is 23.8 Å². The number of carbonyl (C=O) groups is 2. The van der Waals surface area contributed by atoms with Gasteiger partial charge in [0, 0.05) is 30.3 Å². The van der Waals surface area contributed by atoms with Crippen LogP contribution >= 0.6 is 0 Å². The second kappa shape index (κ2) is 7.22. The normalized spacial score (nSPS) is 17.8. The summed E-state index contributed by atoms with van der Waals surface area (Å²) in [7, 11) is 0. The smallest absolute Gasteiger partial charge is 0.251 e. The number of nitrogens with one attached hydrogen (secondary N) is 2. The number of benzene rings is 1. The molecule has 114 valence electrons. The highest BCUT2D eigenvalue weighted by Crippen LogP contribution is 2.13. The van der Waals surface area contributed by atoms with Crippen LogP contribution < -0.4 is 10.6 Å². The molecule has 1 atom stereocenters. The Bertz CT molecular complexity index is 491. The van der Waals surface area contributed by atoms with Gasteiger partial charge in [-0.1, -0.05) is 13.8 Å². The maximum atomic E-state index is 12.0. The molecule has 1 unspecified atom stereocenters. The minimum absolute atomic E-state index is 0.0365. The molecule has 0 radical (unpaired) electrons. The van der Waals surface area contributed by atoms with Gasteiger partial charge >= 0.3 is 0 Å². The number of anilines is 1. The van der Waals surface area contributed by atoms with Crippen LogP contribution in [0.4, 0.5) is 5.69 Å². The molecule has 2 amide bonds. The molecule has 0 saturated carbocycles. The number of rotatable bonds is 5. The predicted molar refractivity (Wildman–Crippen MR) is 81.2 cm³/mol. The fourth-order valence-corrected chi connectivity index (χ4v) is 2.11. The van der Waals surface area contributed by atoms with Gasteiger partial charge in [0.25, 0.3) is 5.91 Å². The van der Waals surface area contributed by atoms with Crippen LogP contribution in [0.2, 0.25) is 0 Å². The van der Waals surface area contributed by atoms with Crippen molar-refractivity contribution < 1.29 is 14.3 Å². The van der Waals surface area contributed by atoms with Crippen LogP contribution in [0, 0.1) is 5.92 Å². The van der Waals surface area contributed by atoms with E-state index >= 15 is 0 Å². The highest BCUT2D eigenvalue weighted by Gasteiger charge is 2.16. The van der Waals surface area contributed by atoms with Crippen molar-refractivity contribution in [1.29, 1.82) is 0 Å². The van der Waals surface area contributed by atoms with E-state index in [1.54, 1.807) is 24.3 Å². The summed E-state index contributed by atoms with van der Waals surface area (Å²) < 4.78 is 5.46. The maximum absolute atomic E-state index is 12.0. The Morgan fingerprint density at radius 1 is 1.29 bits per heavy atom. The molecule has 2 N–H and O–H groups in total. The third-order valence-electron chi connectivity index (χ3n) is 3.45. The predicted octanol–water partition coefficient (Wildman–Crippen LogP) is 2.19. The van der Waals surface area contributed by atoms with E-state index in [1.165, 1.54) is 0 Å². The maximum Gasteiger partial charge on any atom is 0.251 e. The second-order valence-electron chi connectivity index (χ2n) is 5.57. The molecular formula is C16H22N2O3. The van der Waals surface area contributed by atoms with Gasteiger partial charge in [-0.15, -0.1) is 0 Å². The first-order valence-electron chi connectivity index (χ1n) is 7.37. The van der Waals surface area contributed by atoms with Gasteiger partial charge in [0.05, 0.1) is 6.10 Å². The van der Waals surface area contributed by atoms with Gasteiger partial charge in [0.15, 0.2) is 0 Å². The van der Waals surface area contributed by atoms with Crippen LogP contribution in [0.25, 0.3) is 0 Å². The standard InChI is InChI=1S/C16H22N2O3/c1-11(2)15(19)18-13-7-5-12(6-8-13)16(20)17-10-14-4-3-9-21-14/h5-8,11,14H,3-4,9-10H2,1-2H3,(H,17,20)(H,18,19). The monoisotopic (exact) mass is 290 g/mol. The molecule has 21 heavy (non-hydrogen) atoms. The van der Waals surface area contributed by atoms with Gasteiger partial charge in [-0.25, -0.2) is 0 Å². The molecule has 1 aliphatic heterocycles. The Labute approximate surface area is 125 Å². The van der Waals surface area contributed by atoms with Crippen molar-refractivity contribution >= 4 is 17.5 Å². The van der Waals surface area contributed by atoms with Gasteiger partial charge in [0.1, 0.15) is 0 Å². The van der Waals surface area contributed by atoms with Crippen LogP contribution in [0.3, 0.4) is 0 Å². The highest BCUT2D eigenvalue weighted by molar-refractivity contribution is 5.96. The van der Waals surface area contributed by atoms with Crippen molar-refractivity contribution in [2.45, 2.75) is 32.8 Å². The number of hydrogen-bond donors (Lipinski definition) is 2. The molecule has 0 bridgehead atoms. The molecule has 1 fully saturated rings. The molecule has 1 aliphatic rings. The lowest BCUT2D eigenvalue weighted by Gasteiger charge is -2.11. The lowest BCUT2D eigenvalue weighted by atomic mass is 10.1. The first-order valence-corrected chi connectivity index (χ1v) is 7.37. The van der Waals surface area contributed by atoms with Crippen molar-refractivity contribution in [1.82, 2.24) is 5.32 Å². The SMILES string of the molecule is CC(C)C(=O)Nc1ccc(C(=O)NCC2CCCO2)cc1. The zero-order valence-electron chi connectivity index (χ0n) is 12.5. The third-order valence-corrected chi connectivity index (χ3v) is 3.45. The molecule has 2 rings (SSSR count). The first kappa shape index (κ1) is 15.5. The van der Waals surface area contributed by atoms with Gasteiger partial charge in [-0.2, -0.15) is 0 Å². The molecule has 1 aromatic carbocycles. The summed E-state index contributed by atoms with van der Waals surface area (Å²) in [6.07, 6.45) is 2.20. The Hall–Kier alpha value is -1.88. The Morgan fingerprint density at radius 2 is 2.00 bits per heavy atom. The largest absolute Gasteiger partial charge is 0.376 e. The summed E-state index contributed by atoms with van der Waals surface area (Å²) >= 11 is 0. The van der Waals surface area contributed by atoms with E-state index in [2.05, 4.69) is 10.6 Å². The summed E-state index contributed by atoms with van der Waals surface area (Å²) in [5.74, 6) is -0.225. The zero-order chi connectivity index (χ0) is 15.2. The number of amides is 2. The second-order valence-corrected chi connectivity index (χ2v) is 5.57. The topological polar surface area (TPSA) is 67.4 Å². The molecule has 5 nitrogen and oxygen atoms in total. The van der Waals surface area contributed by atoms with Crippen LogP contribution in [-0.4, -0.2) is 31.1 Å². The quantitative estimate of drug-likeness (QED) is 0.873. The molecule has 0 spiro atoms. The van der Waals surface area contributed by atoms with Crippen LogP contribution in [-0.2, 0) is 9.53 Å². The summed E-state index contributed by atoms with van der Waals surface area (Å²) in [4.78, 5) is 23.6. The van der Waals surface area contributed by atoms with E-state index in [0.717, 1.165) is 19.4 Å². The molecule has 1 saturated heterocycles. The van der Waals surface area contributed by atoms with E-state index < -0.39 is 0 Å². The number of hydrogen-bond acceptors (Lipinski definition) is 3. The highest BCUT2D eigenvalue weighted by atomic mass is 16.5. The van der Waals surface area contributed by atoms with Crippen LogP contribution in [0.15, 0.2) is 24.3 Å². The molecule has 0 aliphatic carbocycles. The fourth-order valence-electron chi connectivity index (χ4n) is 2.11. The molecular weight excluding hydrogens is 268 g/mol. The summed E-state index contributed by atoms with van der Waals surface area (Å²) in [5, 5.41) is 5.66. The van der Waals surface area contributed by atoms with Crippen LogP contribution in [0.1, 0.15) is 37.0 Å². The minimum atomic E-state index is -0.118. The van der Waals surface area contributed by atoms with Crippen molar-refractivity contribution in [3.8, 4) is 0 Å². The Balaban J connectivity index is 1.85. The third kappa shape index (κ3) is 4.56. The summed E-state index contributed by atoms with van der Waals surface area (Å²) in [6.45, 7) is 5.00. The average molecular weight is 290 g/mol. The van der Waals surface area contributed by atoms with Crippen molar-refractivity contribution in [3.63, 3.8) is 0 Å². The lowest BCUT2D eigenvalue weighted by molar-refractivity contribution is -0.118. The van der Waals surface area contributed by atoms with E-state index in [1.807, 2.05) is 13.8 Å². The Kier molecular flexibility index (Phi) is 5.33. The van der Waals surface area contributed by atoms with Crippen molar-refractivity contribution in [2.24, 2.45) is 5.92 Å². The average Bonchev–Trinajstić information content (AvgIpc) is 2.98. The van der Waals surface area contributed by atoms with E-state index in [0.29, 0.717) is 17.8 Å². The van der Waals surface area contributed by atoms with Gasteiger partial charge in [0.2, 0.25) is 5.91 Å². The number of carbonyl (C=O) groups excluding carboxylic acids is 2. The summed E-state index contributed by atoms with van der Waals surface area (Å²) in [6, 6.07) is 6.89. The Morgan fingerprint density at radius 3 is 2.57 bits per heavy atom. The fraction of sp³-hybridized carbons (Fsp3) is 0.500. The van der Waals surface area contributed by atoms with Crippen molar-refractivity contribution in [3.05, 3.63) is 29.8 Å². The molecule has 1 heterocycles. The minimum Gasteiger partial charge on any atom is -0.376 e. The van der Waals surface area contributed by atoms with Gasteiger partial charge in [-0.3, -0.25) is 9.59 Å². The first-order chi connectivity index (χ1) is 10.1. The molecule has 0 aromatic heterocycles. The van der Waals surface area contributed by atoms with Crippen LogP contribution in [0.5, 0.6) is 0 Å². The molecule has 1 aromatic rings. The zero-order valence-corrected chi connectivity index (χ0v) is 12.5. The molecule has 5 heteroatoms. The van der Waals surface area contributed by atoms with Gasteiger partial charge < -0.3 is 15.4 Å². The lowest BCUT2D eigenvalue weighted by Crippen LogP contribution is -2.31.